The molecule has 2 aromatic rings. The predicted octanol–water partition coefficient (Wildman–Crippen LogP) is 3.29. The van der Waals surface area contributed by atoms with E-state index in [2.05, 4.69) is 15.4 Å². The summed E-state index contributed by atoms with van der Waals surface area (Å²) in [6.45, 7) is 4.61. The lowest BCUT2D eigenvalue weighted by atomic mass is 9.91. The first kappa shape index (κ1) is 15.1. The molecular formula is C18H24FN3O. The van der Waals surface area contributed by atoms with Gasteiger partial charge in [0.25, 0.3) is 0 Å². The Kier molecular flexibility index (Phi) is 4.31. The van der Waals surface area contributed by atoms with Gasteiger partial charge in [-0.1, -0.05) is 5.16 Å². The molecular weight excluding hydrogens is 293 g/mol. The fraction of sp³-hybridized carbons (Fsp3) is 0.611. The van der Waals surface area contributed by atoms with Crippen LogP contribution in [0.5, 0.6) is 0 Å². The molecule has 1 N–H and O–H groups in total. The third-order valence-corrected chi connectivity index (χ3v) is 5.39. The Morgan fingerprint density at radius 2 is 2.13 bits per heavy atom. The average Bonchev–Trinajstić information content (AvgIpc) is 3.22. The SMILES string of the molecule is Fc1ccc2c(C3CCN(CC[C@@H]4CCCN4)CC3)noc2c1. The second kappa shape index (κ2) is 6.57. The lowest BCUT2D eigenvalue weighted by Gasteiger charge is -2.31. The van der Waals surface area contributed by atoms with Crippen LogP contribution in [0.3, 0.4) is 0 Å². The van der Waals surface area contributed by atoms with Crippen LogP contribution in [0.4, 0.5) is 4.39 Å². The zero-order chi connectivity index (χ0) is 15.6. The topological polar surface area (TPSA) is 41.3 Å². The van der Waals surface area contributed by atoms with Crippen molar-refractivity contribution in [2.24, 2.45) is 0 Å². The van der Waals surface area contributed by atoms with E-state index in [9.17, 15) is 4.39 Å². The highest BCUT2D eigenvalue weighted by atomic mass is 19.1. The third-order valence-electron chi connectivity index (χ3n) is 5.39. The van der Waals surface area contributed by atoms with E-state index < -0.39 is 0 Å². The van der Waals surface area contributed by atoms with Crippen LogP contribution in [-0.2, 0) is 0 Å². The van der Waals surface area contributed by atoms with Gasteiger partial charge in [0.2, 0.25) is 0 Å². The summed E-state index contributed by atoms with van der Waals surface area (Å²) in [5.41, 5.74) is 1.58. The van der Waals surface area contributed by atoms with Crippen molar-refractivity contribution in [3.05, 3.63) is 29.7 Å². The molecule has 2 aliphatic rings. The number of nitrogens with one attached hydrogen (secondary N) is 1. The molecule has 1 aromatic heterocycles. The summed E-state index contributed by atoms with van der Waals surface area (Å²) < 4.78 is 18.6. The zero-order valence-electron chi connectivity index (χ0n) is 13.4. The summed E-state index contributed by atoms with van der Waals surface area (Å²) in [4.78, 5) is 2.57. The Labute approximate surface area is 136 Å². The van der Waals surface area contributed by atoms with E-state index in [0.29, 0.717) is 11.5 Å². The molecule has 0 bridgehead atoms. The summed E-state index contributed by atoms with van der Waals surface area (Å²) in [6.07, 6.45) is 6.13. The van der Waals surface area contributed by atoms with Gasteiger partial charge < -0.3 is 14.7 Å². The Morgan fingerprint density at radius 3 is 2.91 bits per heavy atom. The average molecular weight is 317 g/mol. The van der Waals surface area contributed by atoms with Crippen molar-refractivity contribution < 1.29 is 8.91 Å². The quantitative estimate of drug-likeness (QED) is 0.939. The van der Waals surface area contributed by atoms with Crippen molar-refractivity contribution in [1.29, 1.82) is 0 Å². The van der Waals surface area contributed by atoms with Crippen molar-refractivity contribution >= 4 is 11.0 Å². The second-order valence-corrected chi connectivity index (χ2v) is 6.91. The molecule has 0 spiro atoms. The van der Waals surface area contributed by atoms with Crippen LogP contribution in [0, 0.1) is 5.82 Å². The standard InChI is InChI=1S/C18H24FN3O/c19-14-3-4-16-17(12-14)23-21-18(16)13-5-9-22(10-6-13)11-7-15-2-1-8-20-15/h3-4,12-13,15,20H,1-2,5-11H2/t15-/m0/s1. The number of hydrogen-bond acceptors (Lipinski definition) is 4. The Morgan fingerprint density at radius 1 is 1.26 bits per heavy atom. The van der Waals surface area contributed by atoms with E-state index >= 15 is 0 Å². The summed E-state index contributed by atoms with van der Waals surface area (Å²) in [5, 5.41) is 8.77. The summed E-state index contributed by atoms with van der Waals surface area (Å²) in [5.74, 6) is 0.165. The van der Waals surface area contributed by atoms with Gasteiger partial charge in [0.1, 0.15) is 5.82 Å². The Balaban J connectivity index is 1.35. The monoisotopic (exact) mass is 317 g/mol. The van der Waals surface area contributed by atoms with Crippen LogP contribution < -0.4 is 5.32 Å². The van der Waals surface area contributed by atoms with Gasteiger partial charge in [-0.3, -0.25) is 0 Å². The third kappa shape index (κ3) is 3.26. The van der Waals surface area contributed by atoms with E-state index in [0.717, 1.165) is 43.1 Å². The van der Waals surface area contributed by atoms with Crippen molar-refractivity contribution in [2.45, 2.75) is 44.1 Å². The predicted molar refractivity (Wildman–Crippen MR) is 88.0 cm³/mol. The van der Waals surface area contributed by atoms with Crippen molar-refractivity contribution in [3.8, 4) is 0 Å². The first-order valence-electron chi connectivity index (χ1n) is 8.80. The maximum atomic E-state index is 13.3. The molecule has 2 aliphatic heterocycles. The molecule has 0 aliphatic carbocycles. The van der Waals surface area contributed by atoms with E-state index in [1.807, 2.05) is 0 Å². The molecule has 2 fully saturated rings. The maximum Gasteiger partial charge on any atom is 0.170 e. The van der Waals surface area contributed by atoms with E-state index in [4.69, 9.17) is 4.52 Å². The molecule has 23 heavy (non-hydrogen) atoms. The van der Waals surface area contributed by atoms with Gasteiger partial charge in [-0.2, -0.15) is 0 Å². The molecule has 0 saturated carbocycles. The number of fused-ring (bicyclic) bond motifs is 1. The van der Waals surface area contributed by atoms with Crippen LogP contribution in [-0.4, -0.2) is 42.3 Å². The number of likely N-dealkylation sites (tertiary alicyclic amines) is 1. The number of benzene rings is 1. The van der Waals surface area contributed by atoms with Gasteiger partial charge in [0.05, 0.1) is 5.69 Å². The molecule has 4 rings (SSSR count). The van der Waals surface area contributed by atoms with Gasteiger partial charge in [0.15, 0.2) is 5.58 Å². The van der Waals surface area contributed by atoms with Crippen LogP contribution in [0.25, 0.3) is 11.0 Å². The van der Waals surface area contributed by atoms with E-state index in [1.165, 1.54) is 44.5 Å². The minimum absolute atomic E-state index is 0.268. The van der Waals surface area contributed by atoms with Crippen LogP contribution in [0.2, 0.25) is 0 Å². The highest BCUT2D eigenvalue weighted by Gasteiger charge is 2.25. The lowest BCUT2D eigenvalue weighted by Crippen LogP contribution is -2.36. The largest absolute Gasteiger partial charge is 0.356 e. The summed E-state index contributed by atoms with van der Waals surface area (Å²) in [6, 6.07) is 5.44. The molecule has 0 amide bonds. The molecule has 1 aromatic carbocycles. The molecule has 5 heteroatoms. The zero-order valence-corrected chi connectivity index (χ0v) is 13.4. The highest BCUT2D eigenvalue weighted by Crippen LogP contribution is 2.32. The maximum absolute atomic E-state index is 13.3. The van der Waals surface area contributed by atoms with Crippen LogP contribution in [0.15, 0.2) is 22.7 Å². The van der Waals surface area contributed by atoms with Gasteiger partial charge in [-0.25, -0.2) is 4.39 Å². The van der Waals surface area contributed by atoms with Gasteiger partial charge in [-0.05, 0) is 70.4 Å². The second-order valence-electron chi connectivity index (χ2n) is 6.91. The first-order valence-corrected chi connectivity index (χ1v) is 8.80. The van der Waals surface area contributed by atoms with Crippen LogP contribution in [0.1, 0.15) is 43.7 Å². The Bertz CT molecular complexity index is 657. The number of hydrogen-bond donors (Lipinski definition) is 1. The lowest BCUT2D eigenvalue weighted by molar-refractivity contribution is 0.201. The summed E-state index contributed by atoms with van der Waals surface area (Å²) in [7, 11) is 0. The minimum Gasteiger partial charge on any atom is -0.356 e. The number of halogens is 1. The highest BCUT2D eigenvalue weighted by molar-refractivity contribution is 5.79. The smallest absolute Gasteiger partial charge is 0.170 e. The van der Waals surface area contributed by atoms with Gasteiger partial charge in [-0.15, -0.1) is 0 Å². The van der Waals surface area contributed by atoms with Gasteiger partial charge >= 0.3 is 0 Å². The van der Waals surface area contributed by atoms with Gasteiger partial charge in [0, 0.05) is 23.4 Å². The van der Waals surface area contributed by atoms with E-state index in [-0.39, 0.29) is 5.82 Å². The normalized spacial score (nSPS) is 23.8. The van der Waals surface area contributed by atoms with Crippen molar-refractivity contribution in [2.75, 3.05) is 26.2 Å². The number of rotatable bonds is 4. The molecule has 1 atom stereocenters. The molecule has 0 radical (unpaired) electrons. The van der Waals surface area contributed by atoms with Crippen molar-refractivity contribution in [1.82, 2.24) is 15.4 Å². The summed E-state index contributed by atoms with van der Waals surface area (Å²) >= 11 is 0. The fourth-order valence-electron chi connectivity index (χ4n) is 4.00. The number of nitrogens with zero attached hydrogens (tertiary/aromatic N) is 2. The molecule has 4 nitrogen and oxygen atoms in total. The number of piperidine rings is 1. The minimum atomic E-state index is -0.268. The molecule has 2 saturated heterocycles. The Hall–Kier alpha value is -1.46. The fourth-order valence-corrected chi connectivity index (χ4v) is 4.00. The van der Waals surface area contributed by atoms with Crippen molar-refractivity contribution in [3.63, 3.8) is 0 Å². The molecule has 0 unspecified atom stereocenters. The van der Waals surface area contributed by atoms with Crippen LogP contribution >= 0.6 is 0 Å². The number of aromatic nitrogens is 1. The molecule has 3 heterocycles. The molecule has 124 valence electrons. The first-order chi connectivity index (χ1) is 11.3. The van der Waals surface area contributed by atoms with E-state index in [1.54, 1.807) is 6.07 Å².